The Morgan fingerprint density at radius 2 is 1.63 bits per heavy atom. The van der Waals surface area contributed by atoms with Crippen LogP contribution in [0.5, 0.6) is 0 Å². The SMILES string of the molecule is NS(=O)(=O)c1ccc(CCNC(=O)CNS(=O)(=O)c2ccccc2F)cc1. The number of sulfonamides is 2. The molecule has 1 amide bonds. The zero-order valence-electron chi connectivity index (χ0n) is 14.1. The first-order valence-electron chi connectivity index (χ1n) is 7.72. The summed E-state index contributed by atoms with van der Waals surface area (Å²) in [4.78, 5) is 11.2. The van der Waals surface area contributed by atoms with Gasteiger partial charge in [-0.05, 0) is 36.2 Å². The average Bonchev–Trinajstić information content (AvgIpc) is 2.60. The van der Waals surface area contributed by atoms with Crippen molar-refractivity contribution in [2.24, 2.45) is 5.14 Å². The van der Waals surface area contributed by atoms with Crippen molar-refractivity contribution < 1.29 is 26.0 Å². The van der Waals surface area contributed by atoms with E-state index in [-0.39, 0.29) is 11.4 Å². The number of hydrogen-bond acceptors (Lipinski definition) is 5. The minimum absolute atomic E-state index is 0.0159. The Kier molecular flexibility index (Phi) is 6.65. The van der Waals surface area contributed by atoms with Crippen molar-refractivity contribution >= 4 is 26.0 Å². The van der Waals surface area contributed by atoms with Crippen LogP contribution in [0.25, 0.3) is 0 Å². The summed E-state index contributed by atoms with van der Waals surface area (Å²) in [5, 5.41) is 7.51. The van der Waals surface area contributed by atoms with Crippen molar-refractivity contribution in [2.45, 2.75) is 16.2 Å². The summed E-state index contributed by atoms with van der Waals surface area (Å²) in [6, 6.07) is 10.7. The fraction of sp³-hybridized carbons (Fsp3) is 0.188. The molecule has 0 saturated heterocycles. The second kappa shape index (κ2) is 8.57. The monoisotopic (exact) mass is 415 g/mol. The standard InChI is InChI=1S/C16H18FN3O5S2/c17-14-3-1-2-4-15(14)27(24,25)20-11-16(21)19-10-9-12-5-7-13(8-6-12)26(18,22)23/h1-8,20H,9-11H2,(H,19,21)(H2,18,22,23). The van der Waals surface area contributed by atoms with Crippen LogP contribution in [0.4, 0.5) is 4.39 Å². The molecule has 0 saturated carbocycles. The van der Waals surface area contributed by atoms with E-state index in [9.17, 15) is 26.0 Å². The van der Waals surface area contributed by atoms with E-state index in [0.29, 0.717) is 6.42 Å². The molecule has 0 heterocycles. The fourth-order valence-electron chi connectivity index (χ4n) is 2.16. The molecule has 2 rings (SSSR count). The summed E-state index contributed by atoms with van der Waals surface area (Å²) in [5.41, 5.74) is 0.759. The lowest BCUT2D eigenvalue weighted by Gasteiger charge is -2.09. The van der Waals surface area contributed by atoms with Gasteiger partial charge in [-0.1, -0.05) is 24.3 Å². The van der Waals surface area contributed by atoms with E-state index in [0.717, 1.165) is 17.7 Å². The van der Waals surface area contributed by atoms with Crippen LogP contribution in [0.1, 0.15) is 5.56 Å². The highest BCUT2D eigenvalue weighted by Gasteiger charge is 2.19. The Morgan fingerprint density at radius 1 is 1.00 bits per heavy atom. The topological polar surface area (TPSA) is 135 Å². The van der Waals surface area contributed by atoms with Crippen LogP contribution in [0, 0.1) is 5.82 Å². The molecule has 0 aliphatic heterocycles. The van der Waals surface area contributed by atoms with Crippen LogP contribution < -0.4 is 15.2 Å². The molecule has 0 aliphatic rings. The predicted molar refractivity (Wildman–Crippen MR) is 96.1 cm³/mol. The quantitative estimate of drug-likeness (QED) is 0.562. The molecule has 0 aliphatic carbocycles. The number of primary sulfonamides is 1. The molecule has 8 nitrogen and oxygen atoms in total. The van der Waals surface area contributed by atoms with Gasteiger partial charge >= 0.3 is 0 Å². The van der Waals surface area contributed by atoms with Gasteiger partial charge in [0, 0.05) is 6.54 Å². The number of carbonyl (C=O) groups excluding carboxylic acids is 1. The highest BCUT2D eigenvalue weighted by Crippen LogP contribution is 2.12. The molecule has 2 aromatic rings. The molecule has 146 valence electrons. The van der Waals surface area contributed by atoms with Gasteiger partial charge in [0.1, 0.15) is 10.7 Å². The Balaban J connectivity index is 1.82. The van der Waals surface area contributed by atoms with E-state index in [4.69, 9.17) is 5.14 Å². The molecule has 0 fully saturated rings. The molecule has 0 spiro atoms. The van der Waals surface area contributed by atoms with Crippen molar-refractivity contribution in [3.63, 3.8) is 0 Å². The van der Waals surface area contributed by atoms with E-state index in [2.05, 4.69) is 5.32 Å². The molecule has 0 radical (unpaired) electrons. The van der Waals surface area contributed by atoms with Crippen LogP contribution in [-0.4, -0.2) is 35.8 Å². The molecule has 27 heavy (non-hydrogen) atoms. The number of amides is 1. The lowest BCUT2D eigenvalue weighted by Crippen LogP contribution is -2.37. The van der Waals surface area contributed by atoms with Crippen molar-refractivity contribution in [1.82, 2.24) is 10.0 Å². The Morgan fingerprint density at radius 3 is 2.22 bits per heavy atom. The first-order valence-corrected chi connectivity index (χ1v) is 10.8. The van der Waals surface area contributed by atoms with Gasteiger partial charge in [-0.25, -0.2) is 31.1 Å². The van der Waals surface area contributed by atoms with Crippen molar-refractivity contribution in [1.29, 1.82) is 0 Å². The van der Waals surface area contributed by atoms with E-state index >= 15 is 0 Å². The maximum absolute atomic E-state index is 13.5. The number of hydrogen-bond donors (Lipinski definition) is 3. The molecule has 0 unspecified atom stereocenters. The van der Waals surface area contributed by atoms with Crippen molar-refractivity contribution in [3.05, 3.63) is 59.9 Å². The fourth-order valence-corrected chi connectivity index (χ4v) is 3.73. The van der Waals surface area contributed by atoms with Crippen LogP contribution in [-0.2, 0) is 31.3 Å². The van der Waals surface area contributed by atoms with E-state index < -0.39 is 43.2 Å². The first-order chi connectivity index (χ1) is 12.6. The number of nitrogens with one attached hydrogen (secondary N) is 2. The minimum Gasteiger partial charge on any atom is -0.355 e. The first kappa shape index (κ1) is 21.0. The van der Waals surface area contributed by atoms with Gasteiger partial charge in [-0.3, -0.25) is 4.79 Å². The molecular formula is C16H18FN3O5S2. The molecule has 11 heteroatoms. The number of benzene rings is 2. The van der Waals surface area contributed by atoms with Crippen LogP contribution in [0.15, 0.2) is 58.3 Å². The third-order valence-electron chi connectivity index (χ3n) is 3.54. The average molecular weight is 415 g/mol. The van der Waals surface area contributed by atoms with Gasteiger partial charge in [0.2, 0.25) is 26.0 Å². The summed E-state index contributed by atoms with van der Waals surface area (Å²) >= 11 is 0. The largest absolute Gasteiger partial charge is 0.355 e. The molecule has 0 aromatic heterocycles. The van der Waals surface area contributed by atoms with Crippen LogP contribution in [0.2, 0.25) is 0 Å². The minimum atomic E-state index is -4.14. The maximum Gasteiger partial charge on any atom is 0.243 e. The number of carbonyl (C=O) groups is 1. The molecule has 0 atom stereocenters. The lowest BCUT2D eigenvalue weighted by atomic mass is 10.1. The molecule has 0 bridgehead atoms. The molecular weight excluding hydrogens is 397 g/mol. The number of rotatable bonds is 8. The highest BCUT2D eigenvalue weighted by atomic mass is 32.2. The summed E-state index contributed by atoms with van der Waals surface area (Å²) in [5.74, 6) is -1.50. The van der Waals surface area contributed by atoms with Crippen molar-refractivity contribution in [3.8, 4) is 0 Å². The van der Waals surface area contributed by atoms with Crippen LogP contribution >= 0.6 is 0 Å². The highest BCUT2D eigenvalue weighted by molar-refractivity contribution is 7.89. The predicted octanol–water partition coefficient (Wildman–Crippen LogP) is 0.110. The number of halogens is 1. The van der Waals surface area contributed by atoms with Gasteiger partial charge in [0.05, 0.1) is 11.4 Å². The summed E-state index contributed by atoms with van der Waals surface area (Å²) in [6.45, 7) is -0.337. The van der Waals surface area contributed by atoms with E-state index in [1.165, 1.54) is 24.3 Å². The van der Waals surface area contributed by atoms with Crippen LogP contribution in [0.3, 0.4) is 0 Å². The Labute approximate surface area is 156 Å². The van der Waals surface area contributed by atoms with Gasteiger partial charge in [0.25, 0.3) is 0 Å². The second-order valence-electron chi connectivity index (χ2n) is 5.54. The van der Waals surface area contributed by atoms with E-state index in [1.54, 1.807) is 12.1 Å². The Bertz CT molecular complexity index is 1020. The van der Waals surface area contributed by atoms with E-state index in [1.807, 2.05) is 4.72 Å². The van der Waals surface area contributed by atoms with Crippen molar-refractivity contribution in [2.75, 3.05) is 13.1 Å². The molecule has 2 aromatic carbocycles. The molecule has 4 N–H and O–H groups in total. The summed E-state index contributed by atoms with van der Waals surface area (Å²) < 4.78 is 61.8. The zero-order valence-corrected chi connectivity index (χ0v) is 15.7. The zero-order chi connectivity index (χ0) is 20.1. The number of nitrogens with two attached hydrogens (primary N) is 1. The van der Waals surface area contributed by atoms with Gasteiger partial charge in [-0.2, -0.15) is 0 Å². The normalized spacial score (nSPS) is 11.9. The summed E-state index contributed by atoms with van der Waals surface area (Å²) in [6.07, 6.45) is 0.400. The smallest absolute Gasteiger partial charge is 0.243 e. The van der Waals surface area contributed by atoms with Gasteiger partial charge < -0.3 is 5.32 Å². The lowest BCUT2D eigenvalue weighted by molar-refractivity contribution is -0.119. The second-order valence-corrected chi connectivity index (χ2v) is 8.84. The van der Waals surface area contributed by atoms with Gasteiger partial charge in [-0.15, -0.1) is 0 Å². The maximum atomic E-state index is 13.5. The third-order valence-corrected chi connectivity index (χ3v) is 5.90. The third kappa shape index (κ3) is 6.10. The summed E-state index contributed by atoms with van der Waals surface area (Å²) in [7, 11) is -7.90. The van der Waals surface area contributed by atoms with Gasteiger partial charge in [0.15, 0.2) is 0 Å². The Hall–Kier alpha value is -2.34.